The fourth-order valence-electron chi connectivity index (χ4n) is 2.96. The van der Waals surface area contributed by atoms with Crippen LogP contribution < -0.4 is 15.4 Å². The molecule has 8 nitrogen and oxygen atoms in total. The summed E-state index contributed by atoms with van der Waals surface area (Å²) in [7, 11) is 0. The van der Waals surface area contributed by atoms with E-state index in [1.165, 1.54) is 0 Å². The van der Waals surface area contributed by atoms with Crippen LogP contribution in [0.2, 0.25) is 0 Å². The first-order valence-corrected chi connectivity index (χ1v) is 8.61. The van der Waals surface area contributed by atoms with Gasteiger partial charge in [0.1, 0.15) is 5.75 Å². The zero-order valence-electron chi connectivity index (χ0n) is 14.6. The smallest absolute Gasteiger partial charge is 0.224 e. The molecule has 1 fully saturated rings. The summed E-state index contributed by atoms with van der Waals surface area (Å²) >= 11 is 0. The Labute approximate surface area is 151 Å². The minimum Gasteiger partial charge on any atom is -0.494 e. The molecule has 0 unspecified atom stereocenters. The predicted molar refractivity (Wildman–Crippen MR) is 99.2 cm³/mol. The summed E-state index contributed by atoms with van der Waals surface area (Å²) in [5, 5.41) is 0. The van der Waals surface area contributed by atoms with Crippen molar-refractivity contribution in [3.63, 3.8) is 0 Å². The summed E-state index contributed by atoms with van der Waals surface area (Å²) in [6.07, 6.45) is 1.70. The van der Waals surface area contributed by atoms with Gasteiger partial charge in [-0.05, 0) is 19.1 Å². The zero-order valence-corrected chi connectivity index (χ0v) is 14.6. The van der Waals surface area contributed by atoms with Gasteiger partial charge in [0.05, 0.1) is 31.7 Å². The lowest BCUT2D eigenvalue weighted by atomic mass is 10.1. The van der Waals surface area contributed by atoms with Crippen LogP contribution in [0.25, 0.3) is 22.4 Å². The number of benzene rings is 1. The Morgan fingerprint density at radius 1 is 1.19 bits per heavy atom. The van der Waals surface area contributed by atoms with Crippen LogP contribution in [0.3, 0.4) is 0 Å². The van der Waals surface area contributed by atoms with Crippen LogP contribution in [-0.4, -0.2) is 52.8 Å². The molecule has 0 atom stereocenters. The van der Waals surface area contributed by atoms with Crippen molar-refractivity contribution in [1.82, 2.24) is 19.9 Å². The highest BCUT2D eigenvalue weighted by Crippen LogP contribution is 2.27. The number of morpholine rings is 1. The van der Waals surface area contributed by atoms with E-state index in [9.17, 15) is 0 Å². The van der Waals surface area contributed by atoms with Gasteiger partial charge in [0.15, 0.2) is 17.0 Å². The van der Waals surface area contributed by atoms with Crippen LogP contribution in [0.1, 0.15) is 6.92 Å². The molecule has 0 aliphatic carbocycles. The number of ether oxygens (including phenoxy) is 2. The molecular formula is C18H20N6O2. The van der Waals surface area contributed by atoms with Gasteiger partial charge in [-0.3, -0.25) is 0 Å². The van der Waals surface area contributed by atoms with Crippen molar-refractivity contribution in [3.8, 4) is 17.0 Å². The molecule has 0 spiro atoms. The second-order valence-electron chi connectivity index (χ2n) is 5.89. The summed E-state index contributed by atoms with van der Waals surface area (Å²) in [6, 6.07) is 7.79. The number of nitrogen functional groups attached to an aromatic ring is 1. The van der Waals surface area contributed by atoms with Crippen molar-refractivity contribution in [2.75, 3.05) is 43.5 Å². The van der Waals surface area contributed by atoms with Crippen LogP contribution in [0.5, 0.6) is 5.75 Å². The molecule has 2 N–H and O–H groups in total. The largest absolute Gasteiger partial charge is 0.494 e. The van der Waals surface area contributed by atoms with E-state index in [1.54, 1.807) is 6.20 Å². The van der Waals surface area contributed by atoms with Crippen molar-refractivity contribution in [1.29, 1.82) is 0 Å². The van der Waals surface area contributed by atoms with Gasteiger partial charge in [-0.1, -0.05) is 12.1 Å². The molecule has 3 aromatic rings. The molecular weight excluding hydrogens is 332 g/mol. The molecule has 2 aromatic heterocycles. The van der Waals surface area contributed by atoms with Crippen molar-refractivity contribution in [3.05, 3.63) is 30.5 Å². The normalized spacial score (nSPS) is 14.6. The first kappa shape index (κ1) is 16.5. The van der Waals surface area contributed by atoms with E-state index in [2.05, 4.69) is 19.9 Å². The molecule has 0 bridgehead atoms. The van der Waals surface area contributed by atoms with E-state index >= 15 is 0 Å². The average Bonchev–Trinajstić information content (AvgIpc) is 2.68. The maximum absolute atomic E-state index is 5.87. The Hall–Kier alpha value is -3.00. The van der Waals surface area contributed by atoms with Gasteiger partial charge in [-0.2, -0.15) is 9.97 Å². The maximum Gasteiger partial charge on any atom is 0.224 e. The minimum atomic E-state index is 0.194. The van der Waals surface area contributed by atoms with Crippen molar-refractivity contribution >= 4 is 22.9 Å². The number of nitrogens with two attached hydrogens (primary N) is 1. The molecule has 4 rings (SSSR count). The third kappa shape index (κ3) is 3.23. The van der Waals surface area contributed by atoms with E-state index in [-0.39, 0.29) is 5.95 Å². The molecule has 26 heavy (non-hydrogen) atoms. The third-order valence-corrected chi connectivity index (χ3v) is 4.16. The van der Waals surface area contributed by atoms with Gasteiger partial charge >= 0.3 is 0 Å². The number of aromatic nitrogens is 4. The Bertz CT molecular complexity index is 927. The molecule has 0 radical (unpaired) electrons. The van der Waals surface area contributed by atoms with Crippen LogP contribution >= 0.6 is 0 Å². The minimum absolute atomic E-state index is 0.194. The monoisotopic (exact) mass is 352 g/mol. The SMILES string of the molecule is CCOc1cccc(-c2cnc3nc(N)nc(N4CCOCC4)c3n2)c1. The lowest BCUT2D eigenvalue weighted by Crippen LogP contribution is -2.37. The van der Waals surface area contributed by atoms with Crippen LogP contribution in [-0.2, 0) is 4.74 Å². The van der Waals surface area contributed by atoms with Crippen LogP contribution in [0.4, 0.5) is 11.8 Å². The van der Waals surface area contributed by atoms with E-state index in [0.717, 1.165) is 30.1 Å². The molecule has 1 aromatic carbocycles. The Balaban J connectivity index is 1.80. The number of fused-ring (bicyclic) bond motifs is 1. The molecule has 0 saturated carbocycles. The van der Waals surface area contributed by atoms with E-state index in [1.807, 2.05) is 31.2 Å². The fourth-order valence-corrected chi connectivity index (χ4v) is 2.96. The molecule has 1 aliphatic heterocycles. The van der Waals surface area contributed by atoms with Crippen LogP contribution in [0.15, 0.2) is 30.5 Å². The lowest BCUT2D eigenvalue weighted by Gasteiger charge is -2.28. The molecule has 0 amide bonds. The number of hydrogen-bond acceptors (Lipinski definition) is 8. The number of hydrogen-bond donors (Lipinski definition) is 1. The molecule has 134 valence electrons. The first-order valence-electron chi connectivity index (χ1n) is 8.61. The van der Waals surface area contributed by atoms with Gasteiger partial charge < -0.3 is 20.1 Å². The standard InChI is InChI=1S/C18H20N6O2/c1-2-26-13-5-3-4-12(10-13)14-11-20-16-15(21-14)17(23-18(19)22-16)24-6-8-25-9-7-24/h3-5,10-11H,2,6-9H2,1H3,(H2,19,20,22,23). The van der Waals surface area contributed by atoms with Gasteiger partial charge in [0.25, 0.3) is 0 Å². The first-order chi connectivity index (χ1) is 12.7. The second-order valence-corrected chi connectivity index (χ2v) is 5.89. The Morgan fingerprint density at radius 2 is 2.04 bits per heavy atom. The summed E-state index contributed by atoms with van der Waals surface area (Å²) in [6.45, 7) is 5.33. The van der Waals surface area contributed by atoms with Crippen molar-refractivity contribution in [2.45, 2.75) is 6.92 Å². The van der Waals surface area contributed by atoms with Crippen molar-refractivity contribution in [2.24, 2.45) is 0 Å². The highest BCUT2D eigenvalue weighted by molar-refractivity contribution is 5.85. The van der Waals surface area contributed by atoms with Gasteiger partial charge in [-0.25, -0.2) is 9.97 Å². The van der Waals surface area contributed by atoms with E-state index in [4.69, 9.17) is 20.2 Å². The maximum atomic E-state index is 5.87. The van der Waals surface area contributed by atoms with Crippen LogP contribution in [0, 0.1) is 0 Å². The predicted octanol–water partition coefficient (Wildman–Crippen LogP) is 1.90. The van der Waals surface area contributed by atoms with E-state index in [0.29, 0.717) is 36.8 Å². The van der Waals surface area contributed by atoms with E-state index < -0.39 is 0 Å². The quantitative estimate of drug-likeness (QED) is 0.760. The van der Waals surface area contributed by atoms with Gasteiger partial charge in [-0.15, -0.1) is 0 Å². The Kier molecular flexibility index (Phi) is 4.49. The highest BCUT2D eigenvalue weighted by Gasteiger charge is 2.19. The number of nitrogens with zero attached hydrogens (tertiary/aromatic N) is 5. The summed E-state index contributed by atoms with van der Waals surface area (Å²) in [5.74, 6) is 1.69. The highest BCUT2D eigenvalue weighted by atomic mass is 16.5. The molecule has 1 saturated heterocycles. The number of rotatable bonds is 4. The summed E-state index contributed by atoms with van der Waals surface area (Å²) < 4.78 is 11.0. The fraction of sp³-hybridized carbons (Fsp3) is 0.333. The summed E-state index contributed by atoms with van der Waals surface area (Å²) in [5.41, 5.74) is 8.66. The topological polar surface area (TPSA) is 99.3 Å². The third-order valence-electron chi connectivity index (χ3n) is 4.16. The average molecular weight is 352 g/mol. The molecule has 1 aliphatic rings. The zero-order chi connectivity index (χ0) is 17.9. The van der Waals surface area contributed by atoms with Gasteiger partial charge in [0, 0.05) is 18.7 Å². The van der Waals surface area contributed by atoms with Crippen molar-refractivity contribution < 1.29 is 9.47 Å². The van der Waals surface area contributed by atoms with Gasteiger partial charge in [0.2, 0.25) is 5.95 Å². The number of anilines is 2. The Morgan fingerprint density at radius 3 is 2.85 bits per heavy atom. The summed E-state index contributed by atoms with van der Waals surface area (Å²) in [4.78, 5) is 20.0. The second kappa shape index (κ2) is 7.09. The lowest BCUT2D eigenvalue weighted by molar-refractivity contribution is 0.122. The molecule has 8 heteroatoms. The molecule has 3 heterocycles.